The first kappa shape index (κ1) is 24.4. The highest BCUT2D eigenvalue weighted by molar-refractivity contribution is 5.80. The number of aliphatic hydroxyl groups is 5. The number of aliphatic hydroxyl groups excluding tert-OH is 5. The maximum Gasteiger partial charge on any atom is 0.336 e. The zero-order chi connectivity index (χ0) is 23.6. The number of hydrogen-bond acceptors (Lipinski definition) is 10. The van der Waals surface area contributed by atoms with Crippen LogP contribution in [-0.2, 0) is 4.74 Å². The number of benzene rings is 1. The van der Waals surface area contributed by atoms with Gasteiger partial charge in [-0.25, -0.2) is 4.79 Å². The second-order valence-corrected chi connectivity index (χ2v) is 8.53. The molecule has 1 heterocycles. The average molecular weight is 454 g/mol. The summed E-state index contributed by atoms with van der Waals surface area (Å²) in [6.07, 6.45) is -6.12. The number of ether oxygens (including phenoxy) is 3. The van der Waals surface area contributed by atoms with E-state index in [-0.39, 0.29) is 25.4 Å². The number of fused-ring (bicyclic) bond motifs is 1. The first-order valence-corrected chi connectivity index (χ1v) is 10.3. The van der Waals surface area contributed by atoms with Gasteiger partial charge in [-0.05, 0) is 32.4 Å². The summed E-state index contributed by atoms with van der Waals surface area (Å²) in [4.78, 5) is 11.5. The Morgan fingerprint density at radius 3 is 2.50 bits per heavy atom. The van der Waals surface area contributed by atoms with E-state index in [9.17, 15) is 30.3 Å². The van der Waals surface area contributed by atoms with Gasteiger partial charge in [-0.3, -0.25) is 0 Å². The Kier molecular flexibility index (Phi) is 7.43. The van der Waals surface area contributed by atoms with Crippen LogP contribution in [0.1, 0.15) is 20.3 Å². The highest BCUT2D eigenvalue weighted by atomic mass is 16.6. The monoisotopic (exact) mass is 454 g/mol. The van der Waals surface area contributed by atoms with Gasteiger partial charge in [-0.15, -0.1) is 0 Å². The van der Waals surface area contributed by atoms with Gasteiger partial charge in [0.1, 0.15) is 30.5 Å². The van der Waals surface area contributed by atoms with E-state index in [4.69, 9.17) is 18.6 Å². The van der Waals surface area contributed by atoms with E-state index in [1.54, 1.807) is 26.0 Å². The van der Waals surface area contributed by atoms with E-state index in [1.807, 2.05) is 0 Å². The summed E-state index contributed by atoms with van der Waals surface area (Å²) in [5.74, 6) is -0.0391. The van der Waals surface area contributed by atoms with E-state index in [2.05, 4.69) is 0 Å². The molecule has 3 rings (SSSR count). The van der Waals surface area contributed by atoms with Gasteiger partial charge in [-0.1, -0.05) is 0 Å². The van der Waals surface area contributed by atoms with Crippen LogP contribution in [0.25, 0.3) is 11.0 Å². The summed E-state index contributed by atoms with van der Waals surface area (Å²) in [5.41, 5.74) is -1.43. The molecule has 10 heteroatoms. The van der Waals surface area contributed by atoms with Gasteiger partial charge in [-0.2, -0.15) is 0 Å². The second kappa shape index (κ2) is 9.74. The van der Waals surface area contributed by atoms with Crippen molar-refractivity contribution in [3.63, 3.8) is 0 Å². The Balaban J connectivity index is 1.71. The van der Waals surface area contributed by atoms with E-state index in [0.717, 1.165) is 0 Å². The lowest BCUT2D eigenvalue weighted by Gasteiger charge is -2.43. The molecule has 0 aliphatic heterocycles. The van der Waals surface area contributed by atoms with Crippen LogP contribution in [0.15, 0.2) is 33.5 Å². The van der Waals surface area contributed by atoms with Crippen molar-refractivity contribution >= 4 is 11.0 Å². The molecule has 0 saturated heterocycles. The third-order valence-electron chi connectivity index (χ3n) is 5.89. The molecule has 1 saturated carbocycles. The minimum absolute atomic E-state index is 0.102. The zero-order valence-corrected chi connectivity index (χ0v) is 18.2. The SMILES string of the molecule is COc1cc2ccc(=O)oc2cc1OCC(O)C(C)(C)OC1CC(CO)C(O)C(O)C1O. The van der Waals surface area contributed by atoms with Gasteiger partial charge in [0, 0.05) is 30.0 Å². The highest BCUT2D eigenvalue weighted by Gasteiger charge is 2.45. The van der Waals surface area contributed by atoms with Crippen LogP contribution < -0.4 is 15.1 Å². The van der Waals surface area contributed by atoms with Crippen LogP contribution in [0, 0.1) is 5.92 Å². The molecule has 0 spiro atoms. The van der Waals surface area contributed by atoms with Crippen molar-refractivity contribution in [3.8, 4) is 11.5 Å². The van der Waals surface area contributed by atoms with Crippen LogP contribution in [0.3, 0.4) is 0 Å². The molecule has 1 aliphatic carbocycles. The summed E-state index contributed by atoms with van der Waals surface area (Å²) in [6.45, 7) is 2.59. The highest BCUT2D eigenvalue weighted by Crippen LogP contribution is 2.34. The largest absolute Gasteiger partial charge is 0.493 e. The minimum Gasteiger partial charge on any atom is -0.493 e. The van der Waals surface area contributed by atoms with Crippen LogP contribution in [0.4, 0.5) is 0 Å². The molecule has 0 amide bonds. The minimum atomic E-state index is -1.48. The van der Waals surface area contributed by atoms with Crippen molar-refractivity contribution < 1.29 is 44.2 Å². The topological polar surface area (TPSA) is 159 Å². The van der Waals surface area contributed by atoms with Gasteiger partial charge in [0.25, 0.3) is 0 Å². The van der Waals surface area contributed by atoms with Gasteiger partial charge < -0.3 is 44.2 Å². The number of rotatable bonds is 8. The third kappa shape index (κ3) is 5.06. The first-order chi connectivity index (χ1) is 15.1. The molecule has 0 radical (unpaired) electrons. The fourth-order valence-electron chi connectivity index (χ4n) is 3.76. The molecule has 1 aromatic carbocycles. The van der Waals surface area contributed by atoms with Crippen LogP contribution in [-0.4, -0.2) is 82.0 Å². The predicted molar refractivity (Wildman–Crippen MR) is 113 cm³/mol. The third-order valence-corrected chi connectivity index (χ3v) is 5.89. The summed E-state index contributed by atoms with van der Waals surface area (Å²) in [7, 11) is 1.46. The Morgan fingerprint density at radius 1 is 1.12 bits per heavy atom. The van der Waals surface area contributed by atoms with Crippen molar-refractivity contribution in [2.24, 2.45) is 5.92 Å². The van der Waals surface area contributed by atoms with E-state index in [1.165, 1.54) is 19.2 Å². The van der Waals surface area contributed by atoms with Crippen LogP contribution in [0.2, 0.25) is 0 Å². The maximum absolute atomic E-state index is 11.5. The second-order valence-electron chi connectivity index (χ2n) is 8.53. The molecular formula is C22H30O10. The predicted octanol–water partition coefficient (Wildman–Crippen LogP) is -0.200. The Bertz CT molecular complexity index is 969. The molecule has 0 bridgehead atoms. The van der Waals surface area contributed by atoms with Gasteiger partial charge in [0.15, 0.2) is 11.5 Å². The number of methoxy groups -OCH3 is 1. The van der Waals surface area contributed by atoms with Gasteiger partial charge in [0.05, 0.1) is 24.9 Å². The number of hydrogen-bond donors (Lipinski definition) is 5. The molecule has 5 N–H and O–H groups in total. The molecular weight excluding hydrogens is 424 g/mol. The fourth-order valence-corrected chi connectivity index (χ4v) is 3.76. The maximum atomic E-state index is 11.5. The van der Waals surface area contributed by atoms with Crippen LogP contribution in [0.5, 0.6) is 11.5 Å². The van der Waals surface area contributed by atoms with Crippen molar-refractivity contribution in [3.05, 3.63) is 34.7 Å². The summed E-state index contributed by atoms with van der Waals surface area (Å²) < 4.78 is 22.1. The van der Waals surface area contributed by atoms with Crippen molar-refractivity contribution in [1.82, 2.24) is 0 Å². The smallest absolute Gasteiger partial charge is 0.336 e. The quantitative estimate of drug-likeness (QED) is 0.338. The Morgan fingerprint density at radius 2 is 1.84 bits per heavy atom. The molecule has 1 aromatic heterocycles. The summed E-state index contributed by atoms with van der Waals surface area (Å²) in [5, 5.41) is 51.1. The molecule has 6 atom stereocenters. The average Bonchev–Trinajstić information content (AvgIpc) is 2.76. The molecule has 2 aromatic rings. The standard InChI is InChI=1S/C22H30O10/c1-22(2,32-16-7-12(9-23)19(26)21(28)20(16)27)17(24)10-30-15-8-13-11(6-14(15)29-3)4-5-18(25)31-13/h4-6,8,12,16-17,19-21,23-24,26-28H,7,9-10H2,1-3H3. The Hall–Kier alpha value is -2.21. The van der Waals surface area contributed by atoms with Gasteiger partial charge >= 0.3 is 5.63 Å². The van der Waals surface area contributed by atoms with Crippen molar-refractivity contribution in [2.75, 3.05) is 20.3 Å². The lowest BCUT2D eigenvalue weighted by molar-refractivity contribution is -0.225. The fraction of sp³-hybridized carbons (Fsp3) is 0.591. The lowest BCUT2D eigenvalue weighted by Crippen LogP contribution is -2.58. The first-order valence-electron chi connectivity index (χ1n) is 10.3. The van der Waals surface area contributed by atoms with Gasteiger partial charge in [0.2, 0.25) is 0 Å². The zero-order valence-electron chi connectivity index (χ0n) is 18.2. The molecule has 6 unspecified atom stereocenters. The van der Waals surface area contributed by atoms with Crippen molar-refractivity contribution in [2.45, 2.75) is 56.4 Å². The lowest BCUT2D eigenvalue weighted by atomic mass is 9.80. The van der Waals surface area contributed by atoms with E-state index in [0.29, 0.717) is 16.7 Å². The Labute approximate surface area is 184 Å². The summed E-state index contributed by atoms with van der Waals surface area (Å²) in [6, 6.07) is 6.02. The van der Waals surface area contributed by atoms with Crippen molar-refractivity contribution in [1.29, 1.82) is 0 Å². The molecule has 32 heavy (non-hydrogen) atoms. The molecule has 1 fully saturated rings. The van der Waals surface area contributed by atoms with E-state index < -0.39 is 47.7 Å². The molecule has 10 nitrogen and oxygen atoms in total. The summed E-state index contributed by atoms with van der Waals surface area (Å²) >= 11 is 0. The normalized spacial score (nSPS) is 27.3. The van der Waals surface area contributed by atoms with Crippen LogP contribution >= 0.6 is 0 Å². The van der Waals surface area contributed by atoms with E-state index >= 15 is 0 Å². The molecule has 1 aliphatic rings. The molecule has 178 valence electrons.